The molecule has 0 bridgehead atoms. The molecular weight excluding hydrogens is 639 g/mol. The van der Waals surface area contributed by atoms with Gasteiger partial charge in [0.25, 0.3) is 0 Å². The van der Waals surface area contributed by atoms with Crippen LogP contribution >= 0.6 is 11.3 Å². The van der Waals surface area contributed by atoms with Gasteiger partial charge in [0.2, 0.25) is 0 Å². The van der Waals surface area contributed by atoms with Crippen LogP contribution in [0.2, 0.25) is 0 Å². The van der Waals surface area contributed by atoms with Gasteiger partial charge in [-0.05, 0) is 77.9 Å². The zero-order valence-corrected chi connectivity index (χ0v) is 28.3. The predicted octanol–water partition coefficient (Wildman–Crippen LogP) is 13.0. The maximum Gasteiger partial charge on any atom is 0.138 e. The molecule has 11 aromatic rings. The topological polar surface area (TPSA) is 22.8 Å². The van der Waals surface area contributed by atoms with Crippen LogP contribution < -0.4 is 0 Å². The molecule has 0 aliphatic carbocycles. The van der Waals surface area contributed by atoms with Gasteiger partial charge in [0.1, 0.15) is 5.82 Å². The molecule has 0 spiro atoms. The molecule has 0 radical (unpaired) electrons. The molecule has 0 amide bonds. The predicted molar refractivity (Wildman–Crippen MR) is 217 cm³/mol. The van der Waals surface area contributed by atoms with Crippen LogP contribution in [0.15, 0.2) is 176 Å². The molecule has 0 aliphatic heterocycles. The summed E-state index contributed by atoms with van der Waals surface area (Å²) in [5.41, 5.74) is 10.3. The highest BCUT2D eigenvalue weighted by molar-refractivity contribution is 7.25. The Morgan fingerprint density at radius 2 is 0.980 bits per heavy atom. The molecule has 0 saturated heterocycles. The lowest BCUT2D eigenvalue weighted by atomic mass is 10.0. The van der Waals surface area contributed by atoms with Crippen LogP contribution in [0.3, 0.4) is 0 Å². The van der Waals surface area contributed by atoms with Crippen LogP contribution in [0.25, 0.3) is 97.7 Å². The van der Waals surface area contributed by atoms with Crippen molar-refractivity contribution >= 4 is 75.1 Å². The van der Waals surface area contributed by atoms with Gasteiger partial charge in [-0.25, -0.2) is 4.98 Å². The van der Waals surface area contributed by atoms with Gasteiger partial charge < -0.3 is 4.57 Å². The van der Waals surface area contributed by atoms with Gasteiger partial charge >= 0.3 is 0 Å². The number of para-hydroxylation sites is 2. The fourth-order valence-electron chi connectivity index (χ4n) is 8.00. The molecule has 0 aliphatic rings. The maximum absolute atomic E-state index is 5.23. The monoisotopic (exact) mass is 667 g/mol. The van der Waals surface area contributed by atoms with Gasteiger partial charge in [-0.1, -0.05) is 109 Å². The lowest BCUT2D eigenvalue weighted by Crippen LogP contribution is -1.99. The van der Waals surface area contributed by atoms with Crippen molar-refractivity contribution in [3.05, 3.63) is 176 Å². The average Bonchev–Trinajstić information content (AvgIpc) is 3.84. The zero-order valence-electron chi connectivity index (χ0n) is 27.5. The normalized spacial score (nSPS) is 11.9. The molecule has 0 saturated carbocycles. The van der Waals surface area contributed by atoms with E-state index in [0.717, 1.165) is 33.8 Å². The van der Waals surface area contributed by atoms with E-state index in [1.54, 1.807) is 0 Å². The Morgan fingerprint density at radius 3 is 1.80 bits per heavy atom. The number of pyridine rings is 1. The van der Waals surface area contributed by atoms with E-state index >= 15 is 0 Å². The van der Waals surface area contributed by atoms with Crippen LogP contribution in [-0.2, 0) is 0 Å². The number of fused-ring (bicyclic) bond motifs is 9. The molecule has 0 unspecified atom stereocenters. The number of benzene rings is 7. The first-order chi connectivity index (χ1) is 25.3. The molecule has 4 aromatic heterocycles. The van der Waals surface area contributed by atoms with Crippen LogP contribution in [0.1, 0.15) is 0 Å². The smallest absolute Gasteiger partial charge is 0.138 e. The van der Waals surface area contributed by atoms with E-state index in [1.807, 2.05) is 17.4 Å². The van der Waals surface area contributed by atoms with Gasteiger partial charge in [-0.15, -0.1) is 11.3 Å². The van der Waals surface area contributed by atoms with Crippen molar-refractivity contribution < 1.29 is 0 Å². The van der Waals surface area contributed by atoms with Gasteiger partial charge in [0, 0.05) is 53.0 Å². The Hall–Kier alpha value is -6.49. The van der Waals surface area contributed by atoms with Crippen molar-refractivity contribution in [1.29, 1.82) is 0 Å². The van der Waals surface area contributed by atoms with Crippen LogP contribution in [-0.4, -0.2) is 14.1 Å². The third-order valence-corrected chi connectivity index (χ3v) is 11.5. The Morgan fingerprint density at radius 1 is 0.353 bits per heavy atom. The first-order valence-electron chi connectivity index (χ1n) is 17.3. The van der Waals surface area contributed by atoms with Crippen LogP contribution in [0.4, 0.5) is 0 Å². The third kappa shape index (κ3) is 4.33. The summed E-state index contributed by atoms with van der Waals surface area (Å²) in [5.74, 6) is 0.905. The van der Waals surface area contributed by atoms with E-state index in [-0.39, 0.29) is 0 Å². The van der Waals surface area contributed by atoms with E-state index in [4.69, 9.17) is 4.98 Å². The summed E-state index contributed by atoms with van der Waals surface area (Å²) < 4.78 is 7.41. The Kier molecular flexibility index (Phi) is 6.12. The summed E-state index contributed by atoms with van der Waals surface area (Å²) in [7, 11) is 0. The fraction of sp³-hybridized carbons (Fsp3) is 0. The standard InChI is InChI=1S/C47H29N3S/c1-2-12-30(13-3-1)40-19-11-23-47(48-40)50-42-21-8-5-17-35(42)38-28-37-34-16-4-7-20-41(34)49(43(37)29-44(38)50)33-15-10-14-31(26-33)32-24-25-46-39(27-32)36-18-6-9-22-45(36)51-46/h1-29H. The van der Waals surface area contributed by atoms with E-state index in [1.165, 1.54) is 63.9 Å². The maximum atomic E-state index is 5.23. The molecule has 3 nitrogen and oxygen atoms in total. The molecular formula is C47H29N3S. The summed E-state index contributed by atoms with van der Waals surface area (Å²) in [6.45, 7) is 0. The van der Waals surface area contributed by atoms with Gasteiger partial charge in [0.05, 0.1) is 27.8 Å². The van der Waals surface area contributed by atoms with E-state index in [0.29, 0.717) is 0 Å². The highest BCUT2D eigenvalue weighted by Crippen LogP contribution is 2.41. The highest BCUT2D eigenvalue weighted by Gasteiger charge is 2.19. The lowest BCUT2D eigenvalue weighted by Gasteiger charge is -2.12. The van der Waals surface area contributed by atoms with Crippen LogP contribution in [0.5, 0.6) is 0 Å². The number of nitrogens with zero attached hydrogens (tertiary/aromatic N) is 3. The Bertz CT molecular complexity index is 3140. The van der Waals surface area contributed by atoms with Crippen molar-refractivity contribution in [2.75, 3.05) is 0 Å². The second-order valence-electron chi connectivity index (χ2n) is 13.2. The number of rotatable bonds is 4. The minimum Gasteiger partial charge on any atom is -0.309 e. The summed E-state index contributed by atoms with van der Waals surface area (Å²) in [5, 5.41) is 7.56. The summed E-state index contributed by atoms with van der Waals surface area (Å²) >= 11 is 1.86. The molecule has 7 aromatic carbocycles. The van der Waals surface area contributed by atoms with Crippen molar-refractivity contribution in [2.45, 2.75) is 0 Å². The number of thiophene rings is 1. The molecule has 0 N–H and O–H groups in total. The van der Waals surface area contributed by atoms with Gasteiger partial charge in [-0.2, -0.15) is 0 Å². The van der Waals surface area contributed by atoms with E-state index < -0.39 is 0 Å². The highest BCUT2D eigenvalue weighted by atomic mass is 32.1. The molecule has 4 heterocycles. The quantitative estimate of drug-likeness (QED) is 0.183. The number of aromatic nitrogens is 3. The minimum atomic E-state index is 0.905. The van der Waals surface area contributed by atoms with Crippen molar-refractivity contribution in [3.8, 4) is 33.9 Å². The average molecular weight is 668 g/mol. The van der Waals surface area contributed by atoms with Crippen molar-refractivity contribution in [2.24, 2.45) is 0 Å². The molecule has 0 atom stereocenters. The zero-order chi connectivity index (χ0) is 33.5. The van der Waals surface area contributed by atoms with E-state index in [9.17, 15) is 0 Å². The Balaban J connectivity index is 1.15. The SMILES string of the molecule is c1ccc(-c2cccc(-n3c4ccccc4c4cc5c6ccccc6n(-c6cccc(-c7ccc8sc9ccccc9c8c7)c6)c5cc43)n2)cc1. The first-order valence-corrected chi connectivity index (χ1v) is 18.1. The molecule has 11 rings (SSSR count). The fourth-order valence-corrected chi connectivity index (χ4v) is 9.09. The van der Waals surface area contributed by atoms with Gasteiger partial charge in [0.15, 0.2) is 0 Å². The molecule has 51 heavy (non-hydrogen) atoms. The second kappa shape index (κ2) is 11.0. The molecule has 238 valence electrons. The van der Waals surface area contributed by atoms with Crippen molar-refractivity contribution in [3.63, 3.8) is 0 Å². The largest absolute Gasteiger partial charge is 0.309 e. The lowest BCUT2D eigenvalue weighted by molar-refractivity contribution is 1.08. The van der Waals surface area contributed by atoms with Gasteiger partial charge in [-0.3, -0.25) is 4.57 Å². The third-order valence-electron chi connectivity index (χ3n) is 10.3. The first kappa shape index (κ1) is 28.4. The second-order valence-corrected chi connectivity index (χ2v) is 14.3. The van der Waals surface area contributed by atoms with Crippen molar-refractivity contribution in [1.82, 2.24) is 14.1 Å². The minimum absolute atomic E-state index is 0.905. The summed E-state index contributed by atoms with van der Waals surface area (Å²) in [6.07, 6.45) is 0. The Labute approximate surface area is 297 Å². The van der Waals surface area contributed by atoms with Crippen LogP contribution in [0, 0.1) is 0 Å². The number of hydrogen-bond acceptors (Lipinski definition) is 2. The summed E-state index contributed by atoms with van der Waals surface area (Å²) in [4.78, 5) is 5.23. The summed E-state index contributed by atoms with van der Waals surface area (Å²) in [6, 6.07) is 63.6. The number of hydrogen-bond donors (Lipinski definition) is 0. The molecule has 0 fully saturated rings. The molecule has 4 heteroatoms. The van der Waals surface area contributed by atoms with E-state index in [2.05, 4.69) is 179 Å².